The monoisotopic (exact) mass is 237 g/mol. The Morgan fingerprint density at radius 1 is 1.18 bits per heavy atom. The molecule has 0 aliphatic rings. The molecule has 0 amide bonds. The second-order valence-corrected chi connectivity index (χ2v) is 4.23. The minimum Gasteiger partial charge on any atom is -0.478 e. The molecule has 0 aromatic carbocycles. The number of aliphatic hydroxyl groups excluding tert-OH is 1. The number of aromatic nitrogens is 1. The highest BCUT2D eigenvalue weighted by Gasteiger charge is 2.02. The van der Waals surface area contributed by atoms with Gasteiger partial charge < -0.3 is 9.84 Å². The third-order valence-corrected chi connectivity index (χ3v) is 2.71. The molecule has 0 bridgehead atoms. The number of nitrogens with zero attached hydrogens (tertiary/aromatic N) is 1. The van der Waals surface area contributed by atoms with E-state index in [9.17, 15) is 0 Å². The molecule has 0 atom stereocenters. The summed E-state index contributed by atoms with van der Waals surface area (Å²) in [5.74, 6) is 0.643. The number of hydrogen-bond acceptors (Lipinski definition) is 3. The van der Waals surface area contributed by atoms with E-state index in [1.54, 1.807) is 0 Å². The van der Waals surface area contributed by atoms with Crippen LogP contribution < -0.4 is 4.74 Å². The summed E-state index contributed by atoms with van der Waals surface area (Å²) in [4.78, 5) is 4.38. The van der Waals surface area contributed by atoms with E-state index in [0.717, 1.165) is 24.1 Å². The third-order valence-electron chi connectivity index (χ3n) is 2.71. The highest BCUT2D eigenvalue weighted by atomic mass is 16.5. The molecule has 1 heterocycles. The van der Waals surface area contributed by atoms with Gasteiger partial charge >= 0.3 is 0 Å². The zero-order valence-electron chi connectivity index (χ0n) is 10.9. The molecule has 0 unspecified atom stereocenters. The number of rotatable bonds is 8. The van der Waals surface area contributed by atoms with Crippen LogP contribution in [0.25, 0.3) is 0 Å². The van der Waals surface area contributed by atoms with Gasteiger partial charge in [-0.2, -0.15) is 0 Å². The van der Waals surface area contributed by atoms with Crippen molar-refractivity contribution in [2.75, 3.05) is 6.61 Å². The maximum atomic E-state index is 9.14. The summed E-state index contributed by atoms with van der Waals surface area (Å²) < 4.78 is 5.62. The molecule has 0 fully saturated rings. The average molecular weight is 237 g/mol. The minimum absolute atomic E-state index is 0.0434. The van der Waals surface area contributed by atoms with E-state index < -0.39 is 0 Å². The smallest absolute Gasteiger partial charge is 0.213 e. The van der Waals surface area contributed by atoms with Gasteiger partial charge in [-0.15, -0.1) is 0 Å². The highest BCUT2D eigenvalue weighted by molar-refractivity contribution is 5.24. The van der Waals surface area contributed by atoms with Gasteiger partial charge in [-0.25, -0.2) is 4.98 Å². The third kappa shape index (κ3) is 5.18. The minimum atomic E-state index is 0.0434. The van der Waals surface area contributed by atoms with Crippen molar-refractivity contribution in [3.05, 3.63) is 23.4 Å². The Hall–Kier alpha value is -1.09. The summed E-state index contributed by atoms with van der Waals surface area (Å²) in [7, 11) is 0. The van der Waals surface area contributed by atoms with E-state index in [-0.39, 0.29) is 6.61 Å². The SMILES string of the molecule is CCCCCCOc1cc(CO)cc(CC)n1. The van der Waals surface area contributed by atoms with Crippen molar-refractivity contribution in [2.45, 2.75) is 52.6 Å². The van der Waals surface area contributed by atoms with Gasteiger partial charge in [0.15, 0.2) is 0 Å². The lowest BCUT2D eigenvalue weighted by molar-refractivity contribution is 0.274. The van der Waals surface area contributed by atoms with Crippen molar-refractivity contribution >= 4 is 0 Å². The molecule has 0 aliphatic heterocycles. The van der Waals surface area contributed by atoms with Crippen molar-refractivity contribution in [2.24, 2.45) is 0 Å². The molecule has 3 nitrogen and oxygen atoms in total. The zero-order chi connectivity index (χ0) is 12.5. The van der Waals surface area contributed by atoms with E-state index in [1.165, 1.54) is 19.3 Å². The number of pyridine rings is 1. The molecule has 17 heavy (non-hydrogen) atoms. The normalized spacial score (nSPS) is 10.5. The number of aliphatic hydroxyl groups is 1. The molecule has 1 rings (SSSR count). The lowest BCUT2D eigenvalue weighted by atomic mass is 10.2. The molecule has 0 spiro atoms. The van der Waals surface area contributed by atoms with E-state index in [0.29, 0.717) is 12.5 Å². The summed E-state index contributed by atoms with van der Waals surface area (Å²) in [6.45, 7) is 5.00. The van der Waals surface area contributed by atoms with E-state index >= 15 is 0 Å². The van der Waals surface area contributed by atoms with E-state index in [4.69, 9.17) is 9.84 Å². The number of unbranched alkanes of at least 4 members (excludes halogenated alkanes) is 3. The molecule has 0 saturated carbocycles. The van der Waals surface area contributed by atoms with Crippen LogP contribution in [0.1, 0.15) is 50.8 Å². The van der Waals surface area contributed by atoms with Crippen LogP contribution in [0.5, 0.6) is 5.88 Å². The second-order valence-electron chi connectivity index (χ2n) is 4.23. The van der Waals surface area contributed by atoms with Crippen LogP contribution in [0.4, 0.5) is 0 Å². The topological polar surface area (TPSA) is 42.4 Å². The molecule has 96 valence electrons. The van der Waals surface area contributed by atoms with Crippen LogP contribution in [0.3, 0.4) is 0 Å². The average Bonchev–Trinajstić information content (AvgIpc) is 2.38. The van der Waals surface area contributed by atoms with Crippen molar-refractivity contribution in [1.82, 2.24) is 4.98 Å². The summed E-state index contributed by atoms with van der Waals surface area (Å²) in [6, 6.07) is 3.74. The van der Waals surface area contributed by atoms with Gasteiger partial charge in [0.1, 0.15) is 0 Å². The predicted molar refractivity (Wildman–Crippen MR) is 69.2 cm³/mol. The Morgan fingerprint density at radius 2 is 2.00 bits per heavy atom. The first-order valence-corrected chi connectivity index (χ1v) is 6.53. The number of hydrogen-bond donors (Lipinski definition) is 1. The van der Waals surface area contributed by atoms with Crippen LogP contribution in [0.2, 0.25) is 0 Å². The maximum Gasteiger partial charge on any atom is 0.213 e. The number of aryl methyl sites for hydroxylation is 1. The molecule has 0 aliphatic carbocycles. The van der Waals surface area contributed by atoms with Gasteiger partial charge in [0.05, 0.1) is 13.2 Å². The Labute approximate surface area is 104 Å². The molecule has 1 aromatic heterocycles. The first-order valence-electron chi connectivity index (χ1n) is 6.53. The molecule has 1 N–H and O–H groups in total. The molecule has 0 radical (unpaired) electrons. The van der Waals surface area contributed by atoms with Crippen LogP contribution in [-0.2, 0) is 13.0 Å². The standard InChI is InChI=1S/C14H23NO2/c1-3-5-6-7-8-17-14-10-12(11-16)9-13(4-2)15-14/h9-10,16H,3-8,11H2,1-2H3. The summed E-state index contributed by atoms with van der Waals surface area (Å²) >= 11 is 0. The van der Waals surface area contributed by atoms with Crippen LogP contribution in [-0.4, -0.2) is 16.7 Å². The van der Waals surface area contributed by atoms with Crippen LogP contribution in [0, 0.1) is 0 Å². The summed E-state index contributed by atoms with van der Waals surface area (Å²) in [5.41, 5.74) is 1.85. The van der Waals surface area contributed by atoms with Gasteiger partial charge in [0.25, 0.3) is 0 Å². The van der Waals surface area contributed by atoms with Crippen LogP contribution >= 0.6 is 0 Å². The fourth-order valence-electron chi connectivity index (χ4n) is 1.67. The van der Waals surface area contributed by atoms with Gasteiger partial charge in [-0.1, -0.05) is 33.1 Å². The lowest BCUT2D eigenvalue weighted by Gasteiger charge is -2.08. The van der Waals surface area contributed by atoms with E-state index in [1.807, 2.05) is 12.1 Å². The fraction of sp³-hybridized carbons (Fsp3) is 0.643. The first kappa shape index (κ1) is 14.0. The van der Waals surface area contributed by atoms with Gasteiger partial charge in [-0.05, 0) is 24.5 Å². The van der Waals surface area contributed by atoms with Gasteiger partial charge in [0, 0.05) is 11.8 Å². The quantitative estimate of drug-likeness (QED) is 0.706. The Bertz CT molecular complexity index is 304. The Morgan fingerprint density at radius 3 is 2.65 bits per heavy atom. The highest BCUT2D eigenvalue weighted by Crippen LogP contribution is 2.14. The largest absolute Gasteiger partial charge is 0.478 e. The second kappa shape index (κ2) is 8.07. The summed E-state index contributed by atoms with van der Waals surface area (Å²) in [6.07, 6.45) is 5.63. The molecule has 0 saturated heterocycles. The predicted octanol–water partition coefficient (Wildman–Crippen LogP) is 3.10. The van der Waals surface area contributed by atoms with Crippen LogP contribution in [0.15, 0.2) is 12.1 Å². The molecular formula is C14H23NO2. The number of ether oxygens (including phenoxy) is 1. The maximum absolute atomic E-state index is 9.14. The van der Waals surface area contributed by atoms with Crippen molar-refractivity contribution in [3.63, 3.8) is 0 Å². The zero-order valence-corrected chi connectivity index (χ0v) is 10.9. The van der Waals surface area contributed by atoms with Crippen molar-refractivity contribution in [1.29, 1.82) is 0 Å². The van der Waals surface area contributed by atoms with E-state index in [2.05, 4.69) is 18.8 Å². The first-order chi connectivity index (χ1) is 8.30. The Balaban J connectivity index is 2.46. The Kier molecular flexibility index (Phi) is 6.63. The molecular weight excluding hydrogens is 214 g/mol. The molecule has 1 aromatic rings. The molecule has 3 heteroatoms. The van der Waals surface area contributed by atoms with Gasteiger partial charge in [0.2, 0.25) is 5.88 Å². The van der Waals surface area contributed by atoms with Crippen molar-refractivity contribution < 1.29 is 9.84 Å². The summed E-state index contributed by atoms with van der Waals surface area (Å²) in [5, 5.41) is 9.14. The van der Waals surface area contributed by atoms with Gasteiger partial charge in [-0.3, -0.25) is 0 Å². The van der Waals surface area contributed by atoms with Crippen molar-refractivity contribution in [3.8, 4) is 5.88 Å². The lowest BCUT2D eigenvalue weighted by Crippen LogP contribution is -2.02. The fourth-order valence-corrected chi connectivity index (χ4v) is 1.67.